The predicted octanol–water partition coefficient (Wildman–Crippen LogP) is 0.670. The van der Waals surface area contributed by atoms with Crippen LogP contribution in [0.5, 0.6) is 0 Å². The monoisotopic (exact) mass is 308 g/mol. The molecule has 0 aliphatic carbocycles. The van der Waals surface area contributed by atoms with Crippen molar-refractivity contribution >= 4 is 17.2 Å². The first-order valence-corrected chi connectivity index (χ1v) is 7.68. The maximum Gasteiger partial charge on any atom is 0.254 e. The Bertz CT molecular complexity index is 571. The number of aliphatic hydroxyl groups is 1. The summed E-state index contributed by atoms with van der Waals surface area (Å²) in [5.74, 6) is 5.65. The minimum atomic E-state index is -0.459. The molecule has 1 aromatic rings. The topological polar surface area (TPSA) is 75.8 Å². The lowest BCUT2D eigenvalue weighted by molar-refractivity contribution is -0.139. The molecule has 1 atom stereocenters. The third-order valence-electron chi connectivity index (χ3n) is 3.13. The van der Waals surface area contributed by atoms with E-state index < -0.39 is 5.60 Å². The van der Waals surface area contributed by atoms with E-state index in [1.807, 2.05) is 13.8 Å². The highest BCUT2D eigenvalue weighted by atomic mass is 32.1. The number of carbonyl (C=O) groups is 1. The van der Waals surface area contributed by atoms with Crippen molar-refractivity contribution < 1.29 is 14.6 Å². The average Bonchev–Trinajstić information content (AvgIpc) is 2.91. The second-order valence-corrected chi connectivity index (χ2v) is 6.48. The van der Waals surface area contributed by atoms with Crippen molar-refractivity contribution in [1.82, 2.24) is 4.90 Å². The van der Waals surface area contributed by atoms with Crippen molar-refractivity contribution in [2.45, 2.75) is 25.6 Å². The van der Waals surface area contributed by atoms with Gasteiger partial charge in [0.2, 0.25) is 0 Å². The van der Waals surface area contributed by atoms with Crippen LogP contribution in [-0.2, 0) is 4.74 Å². The average molecular weight is 308 g/mol. The van der Waals surface area contributed by atoms with Crippen molar-refractivity contribution in [2.75, 3.05) is 26.2 Å². The largest absolute Gasteiger partial charge is 0.394 e. The van der Waals surface area contributed by atoms with Crippen LogP contribution in [0.3, 0.4) is 0 Å². The normalized spacial score (nSPS) is 20.8. The van der Waals surface area contributed by atoms with Gasteiger partial charge in [-0.2, -0.15) is 0 Å². The van der Waals surface area contributed by atoms with Crippen molar-refractivity contribution in [2.24, 2.45) is 5.73 Å². The number of aliphatic hydroxyl groups excluding tert-OH is 1. The number of ether oxygens (including phenoxy) is 1. The van der Waals surface area contributed by atoms with E-state index in [4.69, 9.17) is 10.5 Å². The fourth-order valence-corrected chi connectivity index (χ4v) is 3.13. The minimum Gasteiger partial charge on any atom is -0.394 e. The lowest BCUT2D eigenvalue weighted by atomic mass is 10.0. The number of thiophene rings is 1. The summed E-state index contributed by atoms with van der Waals surface area (Å²) in [6.45, 7) is 4.95. The van der Waals surface area contributed by atoms with Crippen molar-refractivity contribution in [3.05, 3.63) is 21.9 Å². The summed E-state index contributed by atoms with van der Waals surface area (Å²) in [5.41, 5.74) is 5.50. The van der Waals surface area contributed by atoms with Gasteiger partial charge in [0.05, 0.1) is 35.3 Å². The Morgan fingerprint density at radius 2 is 2.43 bits per heavy atom. The molecule has 3 N–H and O–H groups in total. The van der Waals surface area contributed by atoms with Gasteiger partial charge in [0.1, 0.15) is 0 Å². The van der Waals surface area contributed by atoms with Crippen LogP contribution in [0.2, 0.25) is 0 Å². The molecule has 2 heterocycles. The van der Waals surface area contributed by atoms with Crippen LogP contribution in [0.4, 0.5) is 0 Å². The molecular weight excluding hydrogens is 288 g/mol. The highest BCUT2D eigenvalue weighted by Crippen LogP contribution is 2.23. The zero-order valence-corrected chi connectivity index (χ0v) is 13.1. The predicted molar refractivity (Wildman–Crippen MR) is 82.2 cm³/mol. The van der Waals surface area contributed by atoms with Crippen molar-refractivity contribution in [1.29, 1.82) is 0 Å². The van der Waals surface area contributed by atoms with Gasteiger partial charge < -0.3 is 20.5 Å². The van der Waals surface area contributed by atoms with Gasteiger partial charge in [0.25, 0.3) is 5.91 Å². The Balaban J connectivity index is 2.13. The molecule has 114 valence electrons. The summed E-state index contributed by atoms with van der Waals surface area (Å²) in [4.78, 5) is 15.1. The second-order valence-electron chi connectivity index (χ2n) is 5.57. The fraction of sp³-hybridized carbons (Fsp3) is 0.533. The maximum absolute atomic E-state index is 12.6. The Labute approximate surface area is 128 Å². The van der Waals surface area contributed by atoms with Crippen molar-refractivity contribution in [3.63, 3.8) is 0 Å². The number of hydrogen-bond donors (Lipinski definition) is 2. The highest BCUT2D eigenvalue weighted by Gasteiger charge is 2.35. The van der Waals surface area contributed by atoms with Gasteiger partial charge >= 0.3 is 0 Å². The zero-order chi connectivity index (χ0) is 15.5. The fourth-order valence-electron chi connectivity index (χ4n) is 2.38. The van der Waals surface area contributed by atoms with Crippen LogP contribution in [-0.4, -0.2) is 53.9 Å². The van der Waals surface area contributed by atoms with Crippen LogP contribution in [0.25, 0.3) is 0 Å². The van der Waals surface area contributed by atoms with Gasteiger partial charge in [0, 0.05) is 18.5 Å². The Morgan fingerprint density at radius 3 is 3.10 bits per heavy atom. The molecule has 1 unspecified atom stereocenters. The molecule has 1 amide bonds. The molecule has 0 spiro atoms. The van der Waals surface area contributed by atoms with Crippen LogP contribution in [0.15, 0.2) is 11.4 Å². The maximum atomic E-state index is 12.6. The standard InChI is InChI=1S/C15H20N2O3S/c1-15(2)10-17(7-12(8-18)20-15)14(19)11-6-13(21-9-11)4-3-5-16/h6,9,12,18H,5,7-8,10,16H2,1-2H3. The summed E-state index contributed by atoms with van der Waals surface area (Å²) in [6.07, 6.45) is -0.340. The van der Waals surface area contributed by atoms with Crippen LogP contribution >= 0.6 is 11.3 Å². The molecule has 1 aromatic heterocycles. The number of morpholine rings is 1. The Morgan fingerprint density at radius 1 is 1.67 bits per heavy atom. The van der Waals surface area contributed by atoms with Gasteiger partial charge in [-0.25, -0.2) is 0 Å². The number of rotatable bonds is 2. The third kappa shape index (κ3) is 4.05. The summed E-state index contributed by atoms with van der Waals surface area (Å²) >= 11 is 1.43. The SMILES string of the molecule is CC1(C)CN(C(=O)c2csc(C#CCN)c2)CC(CO)O1. The van der Waals surface area contributed by atoms with E-state index in [1.54, 1.807) is 16.3 Å². The van der Waals surface area contributed by atoms with E-state index in [1.165, 1.54) is 11.3 Å². The molecule has 5 nitrogen and oxygen atoms in total. The molecule has 2 rings (SSSR count). The molecule has 0 radical (unpaired) electrons. The van der Waals surface area contributed by atoms with Crippen LogP contribution < -0.4 is 5.73 Å². The van der Waals surface area contributed by atoms with Gasteiger partial charge in [-0.15, -0.1) is 11.3 Å². The second kappa shape index (κ2) is 6.58. The van der Waals surface area contributed by atoms with Gasteiger partial charge in [-0.1, -0.05) is 11.8 Å². The van der Waals surface area contributed by atoms with Gasteiger partial charge in [-0.3, -0.25) is 4.79 Å². The van der Waals surface area contributed by atoms with Crippen LogP contribution in [0.1, 0.15) is 29.1 Å². The van der Waals surface area contributed by atoms with E-state index >= 15 is 0 Å². The van der Waals surface area contributed by atoms with E-state index in [0.29, 0.717) is 25.2 Å². The molecule has 1 fully saturated rings. The quantitative estimate of drug-likeness (QED) is 0.788. The molecule has 0 saturated carbocycles. The van der Waals surface area contributed by atoms with Gasteiger partial charge in [-0.05, 0) is 19.9 Å². The van der Waals surface area contributed by atoms with Crippen LogP contribution in [0, 0.1) is 11.8 Å². The summed E-state index contributed by atoms with van der Waals surface area (Å²) in [6, 6.07) is 1.78. The first-order chi connectivity index (χ1) is 9.95. The minimum absolute atomic E-state index is 0.0538. The molecular formula is C15H20N2O3S. The lowest BCUT2D eigenvalue weighted by Gasteiger charge is -2.42. The molecule has 1 saturated heterocycles. The first kappa shape index (κ1) is 16.0. The molecule has 1 aliphatic heterocycles. The summed E-state index contributed by atoms with van der Waals surface area (Å²) < 4.78 is 5.72. The number of nitrogens with two attached hydrogens (primary N) is 1. The Hall–Kier alpha value is -1.39. The van der Waals surface area contributed by atoms with Crippen molar-refractivity contribution in [3.8, 4) is 11.8 Å². The first-order valence-electron chi connectivity index (χ1n) is 6.80. The number of carbonyl (C=O) groups excluding carboxylic acids is 1. The Kier molecular flexibility index (Phi) is 5.01. The smallest absolute Gasteiger partial charge is 0.254 e. The number of amides is 1. The number of nitrogens with zero attached hydrogens (tertiary/aromatic N) is 1. The van der Waals surface area contributed by atoms with E-state index in [0.717, 1.165) is 4.88 Å². The van der Waals surface area contributed by atoms with E-state index in [2.05, 4.69) is 11.8 Å². The molecule has 6 heteroatoms. The van der Waals surface area contributed by atoms with Gasteiger partial charge in [0.15, 0.2) is 0 Å². The third-order valence-corrected chi connectivity index (χ3v) is 3.98. The molecule has 1 aliphatic rings. The summed E-state index contributed by atoms with van der Waals surface area (Å²) in [7, 11) is 0. The summed E-state index contributed by atoms with van der Waals surface area (Å²) in [5, 5.41) is 11.1. The molecule has 21 heavy (non-hydrogen) atoms. The molecule has 0 aromatic carbocycles. The zero-order valence-electron chi connectivity index (χ0n) is 12.3. The number of hydrogen-bond acceptors (Lipinski definition) is 5. The van der Waals surface area contributed by atoms with E-state index in [9.17, 15) is 9.90 Å². The molecule has 0 bridgehead atoms. The highest BCUT2D eigenvalue weighted by molar-refractivity contribution is 7.10. The van der Waals surface area contributed by atoms with E-state index in [-0.39, 0.29) is 18.6 Å². The lowest BCUT2D eigenvalue weighted by Crippen LogP contribution is -2.55.